The summed E-state index contributed by atoms with van der Waals surface area (Å²) >= 11 is 7.03. The number of benzene rings is 1. The molecular formula is C15H19ClN2O4S. The summed E-state index contributed by atoms with van der Waals surface area (Å²) in [6.45, 7) is 3.83. The van der Waals surface area contributed by atoms with Gasteiger partial charge in [-0.1, -0.05) is 25.4 Å². The van der Waals surface area contributed by atoms with Gasteiger partial charge in [0.05, 0.1) is 5.75 Å². The highest BCUT2D eigenvalue weighted by Gasteiger charge is 2.11. The van der Waals surface area contributed by atoms with E-state index in [-0.39, 0.29) is 11.7 Å². The Bertz CT molecular complexity index is 549. The molecule has 1 aromatic rings. The molecule has 0 aliphatic rings. The summed E-state index contributed by atoms with van der Waals surface area (Å²) in [4.78, 5) is 35.2. The zero-order valence-corrected chi connectivity index (χ0v) is 14.5. The van der Waals surface area contributed by atoms with Crippen LogP contribution in [0.15, 0.2) is 29.2 Å². The molecule has 126 valence electrons. The standard InChI is InChI=1S/C15H19ClN2O4S/c1-10(2)7-17-15(21)18-13(19)8-22-14(20)9-23-12-5-3-11(16)4-6-12/h3-6,10H,7-9H2,1-2H3,(H2,17,18,19,21). The molecule has 0 aliphatic heterocycles. The van der Waals surface area contributed by atoms with E-state index in [2.05, 4.69) is 10.6 Å². The Kier molecular flexibility index (Phi) is 8.50. The zero-order chi connectivity index (χ0) is 17.2. The van der Waals surface area contributed by atoms with E-state index in [1.807, 2.05) is 13.8 Å². The Morgan fingerprint density at radius 2 is 1.87 bits per heavy atom. The second-order valence-electron chi connectivity index (χ2n) is 5.06. The van der Waals surface area contributed by atoms with Gasteiger partial charge in [-0.15, -0.1) is 11.8 Å². The molecule has 3 amide bonds. The van der Waals surface area contributed by atoms with E-state index in [0.717, 1.165) is 4.90 Å². The lowest BCUT2D eigenvalue weighted by Crippen LogP contribution is -2.42. The second kappa shape index (κ2) is 10.1. The van der Waals surface area contributed by atoms with Crippen molar-refractivity contribution in [1.82, 2.24) is 10.6 Å². The summed E-state index contributed by atoms with van der Waals surface area (Å²) < 4.78 is 4.80. The predicted molar refractivity (Wildman–Crippen MR) is 89.5 cm³/mol. The van der Waals surface area contributed by atoms with Crippen LogP contribution in [0.4, 0.5) is 4.79 Å². The van der Waals surface area contributed by atoms with Crippen molar-refractivity contribution < 1.29 is 19.1 Å². The van der Waals surface area contributed by atoms with Crippen molar-refractivity contribution in [1.29, 1.82) is 0 Å². The lowest BCUT2D eigenvalue weighted by atomic mass is 10.2. The summed E-state index contributed by atoms with van der Waals surface area (Å²) in [6.07, 6.45) is 0. The molecule has 0 radical (unpaired) electrons. The molecule has 0 saturated heterocycles. The van der Waals surface area contributed by atoms with Crippen LogP contribution in [0.1, 0.15) is 13.8 Å². The molecule has 1 aromatic carbocycles. The molecule has 1 rings (SSSR count). The number of hydrogen-bond donors (Lipinski definition) is 2. The summed E-state index contributed by atoms with van der Waals surface area (Å²) in [7, 11) is 0. The molecule has 6 nitrogen and oxygen atoms in total. The van der Waals surface area contributed by atoms with Gasteiger partial charge in [-0.2, -0.15) is 0 Å². The number of esters is 1. The Hall–Kier alpha value is -1.73. The van der Waals surface area contributed by atoms with Gasteiger partial charge in [-0.3, -0.25) is 14.9 Å². The van der Waals surface area contributed by atoms with E-state index in [1.165, 1.54) is 11.8 Å². The number of thioether (sulfide) groups is 1. The molecule has 8 heteroatoms. The van der Waals surface area contributed by atoms with Crippen LogP contribution in [0.3, 0.4) is 0 Å². The summed E-state index contributed by atoms with van der Waals surface area (Å²) in [6, 6.07) is 6.41. The maximum atomic E-state index is 11.5. The number of hydrogen-bond acceptors (Lipinski definition) is 5. The van der Waals surface area contributed by atoms with Crippen molar-refractivity contribution in [3.05, 3.63) is 29.3 Å². The van der Waals surface area contributed by atoms with Crippen LogP contribution >= 0.6 is 23.4 Å². The molecular weight excluding hydrogens is 340 g/mol. The van der Waals surface area contributed by atoms with Crippen molar-refractivity contribution >= 4 is 41.3 Å². The first-order valence-electron chi connectivity index (χ1n) is 6.98. The fourth-order valence-corrected chi connectivity index (χ4v) is 2.19. The van der Waals surface area contributed by atoms with Gasteiger partial charge < -0.3 is 10.1 Å². The summed E-state index contributed by atoms with van der Waals surface area (Å²) in [5.74, 6) is -0.869. The van der Waals surface area contributed by atoms with Gasteiger partial charge >= 0.3 is 12.0 Å². The Morgan fingerprint density at radius 3 is 2.48 bits per heavy atom. The van der Waals surface area contributed by atoms with Crippen molar-refractivity contribution in [2.45, 2.75) is 18.7 Å². The van der Waals surface area contributed by atoms with Crippen molar-refractivity contribution in [2.24, 2.45) is 5.92 Å². The summed E-state index contributed by atoms with van der Waals surface area (Å²) in [5, 5.41) is 5.22. The molecule has 0 heterocycles. The Morgan fingerprint density at radius 1 is 1.22 bits per heavy atom. The zero-order valence-electron chi connectivity index (χ0n) is 12.9. The van der Waals surface area contributed by atoms with Crippen LogP contribution in [-0.2, 0) is 14.3 Å². The van der Waals surface area contributed by atoms with E-state index < -0.39 is 24.5 Å². The van der Waals surface area contributed by atoms with E-state index in [1.54, 1.807) is 24.3 Å². The minimum absolute atomic E-state index is 0.0639. The number of urea groups is 1. The van der Waals surface area contributed by atoms with Gasteiger partial charge in [0.15, 0.2) is 6.61 Å². The molecule has 0 atom stereocenters. The van der Waals surface area contributed by atoms with E-state index in [4.69, 9.17) is 16.3 Å². The van der Waals surface area contributed by atoms with Gasteiger partial charge in [-0.05, 0) is 30.2 Å². The number of amides is 3. The topological polar surface area (TPSA) is 84.5 Å². The van der Waals surface area contributed by atoms with Crippen molar-refractivity contribution in [3.8, 4) is 0 Å². The average molecular weight is 359 g/mol. The second-order valence-corrected chi connectivity index (χ2v) is 6.54. The van der Waals surface area contributed by atoms with Gasteiger partial charge in [0.1, 0.15) is 0 Å². The first-order valence-corrected chi connectivity index (χ1v) is 8.35. The van der Waals surface area contributed by atoms with Gasteiger partial charge in [0.25, 0.3) is 5.91 Å². The lowest BCUT2D eigenvalue weighted by Gasteiger charge is -2.09. The largest absolute Gasteiger partial charge is 0.455 e. The molecule has 0 spiro atoms. The Labute approximate surface area is 144 Å². The number of halogens is 1. The maximum Gasteiger partial charge on any atom is 0.321 e. The van der Waals surface area contributed by atoms with E-state index >= 15 is 0 Å². The molecule has 23 heavy (non-hydrogen) atoms. The number of rotatable bonds is 7. The van der Waals surface area contributed by atoms with E-state index in [0.29, 0.717) is 11.6 Å². The Balaban J connectivity index is 2.20. The third-order valence-corrected chi connectivity index (χ3v) is 3.70. The molecule has 2 N–H and O–H groups in total. The molecule has 0 aliphatic carbocycles. The average Bonchev–Trinajstić information content (AvgIpc) is 2.50. The van der Waals surface area contributed by atoms with Crippen LogP contribution in [0.2, 0.25) is 5.02 Å². The number of carbonyl (C=O) groups excluding carboxylic acids is 3. The predicted octanol–water partition coefficient (Wildman–Crippen LogP) is 2.46. The monoisotopic (exact) mass is 358 g/mol. The maximum absolute atomic E-state index is 11.5. The smallest absolute Gasteiger partial charge is 0.321 e. The fourth-order valence-electron chi connectivity index (χ4n) is 1.36. The minimum atomic E-state index is -0.670. The van der Waals surface area contributed by atoms with Gasteiger partial charge in [0.2, 0.25) is 0 Å². The van der Waals surface area contributed by atoms with Crippen LogP contribution < -0.4 is 10.6 Å². The molecule has 0 fully saturated rings. The third kappa shape index (κ3) is 9.10. The fraction of sp³-hybridized carbons (Fsp3) is 0.400. The third-order valence-electron chi connectivity index (χ3n) is 2.46. The quantitative estimate of drug-likeness (QED) is 0.577. The van der Waals surface area contributed by atoms with Crippen molar-refractivity contribution in [2.75, 3.05) is 18.9 Å². The van der Waals surface area contributed by atoms with E-state index in [9.17, 15) is 14.4 Å². The number of carbonyl (C=O) groups is 3. The lowest BCUT2D eigenvalue weighted by molar-refractivity contribution is -0.145. The highest BCUT2D eigenvalue weighted by atomic mass is 35.5. The highest BCUT2D eigenvalue weighted by molar-refractivity contribution is 8.00. The SMILES string of the molecule is CC(C)CNC(=O)NC(=O)COC(=O)CSc1ccc(Cl)cc1. The number of ether oxygens (including phenoxy) is 1. The van der Waals surface area contributed by atoms with Crippen LogP contribution in [0.25, 0.3) is 0 Å². The molecule has 0 bridgehead atoms. The van der Waals surface area contributed by atoms with Crippen molar-refractivity contribution in [3.63, 3.8) is 0 Å². The van der Waals surface area contributed by atoms with Gasteiger partial charge in [0, 0.05) is 16.5 Å². The van der Waals surface area contributed by atoms with Crippen LogP contribution in [-0.4, -0.2) is 36.8 Å². The normalized spacial score (nSPS) is 10.3. The first kappa shape index (κ1) is 19.3. The highest BCUT2D eigenvalue weighted by Crippen LogP contribution is 2.20. The molecule has 0 saturated carbocycles. The number of nitrogens with one attached hydrogen (secondary N) is 2. The first-order chi connectivity index (χ1) is 10.9. The summed E-state index contributed by atoms with van der Waals surface area (Å²) in [5.41, 5.74) is 0. The van der Waals surface area contributed by atoms with Crippen LogP contribution in [0, 0.1) is 5.92 Å². The number of imide groups is 1. The molecule has 0 aromatic heterocycles. The molecule has 0 unspecified atom stereocenters. The van der Waals surface area contributed by atoms with Crippen LogP contribution in [0.5, 0.6) is 0 Å². The van der Waals surface area contributed by atoms with Gasteiger partial charge in [-0.25, -0.2) is 4.79 Å². The minimum Gasteiger partial charge on any atom is -0.455 e.